The summed E-state index contributed by atoms with van der Waals surface area (Å²) in [4.78, 5) is 22.1. The molecule has 1 aromatic carbocycles. The third kappa shape index (κ3) is 3.55. The Morgan fingerprint density at radius 1 is 1.32 bits per heavy atom. The van der Waals surface area contributed by atoms with Gasteiger partial charge in [-0.15, -0.1) is 0 Å². The number of ketones is 1. The van der Waals surface area contributed by atoms with Gasteiger partial charge in [-0.05, 0) is 30.2 Å². The van der Waals surface area contributed by atoms with E-state index in [0.717, 1.165) is 6.42 Å². The van der Waals surface area contributed by atoms with Crippen LogP contribution < -0.4 is 5.11 Å². The van der Waals surface area contributed by atoms with Gasteiger partial charge in [0, 0.05) is 11.8 Å². The van der Waals surface area contributed by atoms with Gasteiger partial charge >= 0.3 is 5.97 Å². The summed E-state index contributed by atoms with van der Waals surface area (Å²) in [5.74, 6) is -1.90. The molecule has 3 rings (SSSR count). The summed E-state index contributed by atoms with van der Waals surface area (Å²) in [6, 6.07) is 5.54. The zero-order valence-corrected chi connectivity index (χ0v) is 14.8. The van der Waals surface area contributed by atoms with Gasteiger partial charge in [-0.3, -0.25) is 4.79 Å². The number of carbonyl (C=O) groups is 2. The highest BCUT2D eigenvalue weighted by Gasteiger charge is 2.64. The van der Waals surface area contributed by atoms with Gasteiger partial charge in [0.15, 0.2) is 0 Å². The third-order valence-corrected chi connectivity index (χ3v) is 6.53. The molecule has 1 aromatic rings. The Kier molecular flexibility index (Phi) is 4.98. The van der Waals surface area contributed by atoms with E-state index in [4.69, 9.17) is 5.11 Å². The van der Waals surface area contributed by atoms with E-state index >= 15 is 0 Å². The number of benzene rings is 1. The molecule has 1 N–H and O–H groups in total. The Hall–Kier alpha value is -1.93. The van der Waals surface area contributed by atoms with Crippen LogP contribution in [0.2, 0.25) is 0 Å². The molecule has 2 unspecified atom stereocenters. The molecule has 7 nitrogen and oxygen atoms in total. The normalized spacial score (nSPS) is 26.8. The number of carboxylic acids is 1. The topological polar surface area (TPSA) is 135 Å². The summed E-state index contributed by atoms with van der Waals surface area (Å²) in [7, 11) is -4.33. The van der Waals surface area contributed by atoms with Crippen molar-refractivity contribution in [1.82, 2.24) is 0 Å². The maximum atomic E-state index is 11.8. The minimum absolute atomic E-state index is 0.0248. The molecular formula is C17H20O7S-2. The Bertz CT molecular complexity index is 797. The number of hydrogen-bond donors (Lipinski definition) is 1. The number of carbonyl (C=O) groups excluding carboxylic acids is 1. The van der Waals surface area contributed by atoms with Crippen molar-refractivity contribution in [3.8, 4) is 5.75 Å². The van der Waals surface area contributed by atoms with Gasteiger partial charge in [0.25, 0.3) is 0 Å². The van der Waals surface area contributed by atoms with Crippen LogP contribution in [0.15, 0.2) is 24.3 Å². The minimum atomic E-state index is -4.33. The lowest BCUT2D eigenvalue weighted by Crippen LogP contribution is -2.42. The first kappa shape index (κ1) is 19.4. The van der Waals surface area contributed by atoms with Crippen LogP contribution in [0.5, 0.6) is 5.75 Å². The summed E-state index contributed by atoms with van der Waals surface area (Å²) in [5, 5.41) is 19.0. The van der Waals surface area contributed by atoms with Crippen LogP contribution in [-0.2, 0) is 14.9 Å². The van der Waals surface area contributed by atoms with E-state index in [0.29, 0.717) is 12.8 Å². The van der Waals surface area contributed by atoms with Gasteiger partial charge in [0.05, 0.1) is 21.4 Å². The second kappa shape index (κ2) is 6.42. The zero-order valence-electron chi connectivity index (χ0n) is 14.0. The SMILES string of the molecule is CC1(C)C2CCC1(CS(=O)(=O)[O-])C(=O)C2.O=C(O)c1ccccc1[O-]. The van der Waals surface area contributed by atoms with E-state index in [1.807, 2.05) is 13.8 Å². The fourth-order valence-corrected chi connectivity index (χ4v) is 5.33. The third-order valence-electron chi connectivity index (χ3n) is 5.68. The van der Waals surface area contributed by atoms with E-state index in [2.05, 4.69) is 0 Å². The molecule has 138 valence electrons. The van der Waals surface area contributed by atoms with Crippen molar-refractivity contribution in [2.45, 2.75) is 33.1 Å². The molecule has 2 bridgehead atoms. The summed E-state index contributed by atoms with van der Waals surface area (Å²) in [6.07, 6.45) is 1.88. The molecule has 0 heterocycles. The molecule has 0 aromatic heterocycles. The highest BCUT2D eigenvalue weighted by molar-refractivity contribution is 7.85. The molecule has 2 saturated carbocycles. The van der Waals surface area contributed by atoms with Crippen molar-refractivity contribution in [1.29, 1.82) is 0 Å². The van der Waals surface area contributed by atoms with E-state index in [1.54, 1.807) is 0 Å². The van der Waals surface area contributed by atoms with Gasteiger partial charge in [0.1, 0.15) is 5.78 Å². The smallest absolute Gasteiger partial charge is 0.335 e. The maximum absolute atomic E-state index is 11.8. The highest BCUT2D eigenvalue weighted by atomic mass is 32.2. The van der Waals surface area contributed by atoms with Crippen LogP contribution in [0, 0.1) is 16.7 Å². The van der Waals surface area contributed by atoms with E-state index in [1.165, 1.54) is 24.3 Å². The van der Waals surface area contributed by atoms with Gasteiger partial charge in [-0.2, -0.15) is 0 Å². The van der Waals surface area contributed by atoms with Gasteiger partial charge in [-0.25, -0.2) is 13.2 Å². The molecule has 0 amide bonds. The maximum Gasteiger partial charge on any atom is 0.335 e. The Balaban J connectivity index is 0.000000196. The number of Topliss-reactive ketones (excluding diaryl/α,β-unsaturated/α-hetero) is 1. The molecule has 25 heavy (non-hydrogen) atoms. The summed E-state index contributed by atoms with van der Waals surface area (Å²) < 4.78 is 32.7. The monoisotopic (exact) mass is 368 g/mol. The van der Waals surface area contributed by atoms with Gasteiger partial charge in [-0.1, -0.05) is 37.8 Å². The first-order chi connectivity index (χ1) is 11.4. The number of para-hydroxylation sites is 1. The lowest BCUT2D eigenvalue weighted by atomic mass is 9.70. The molecule has 2 fully saturated rings. The minimum Gasteiger partial charge on any atom is -0.872 e. The molecule has 0 spiro atoms. The first-order valence-electron chi connectivity index (χ1n) is 7.87. The predicted octanol–water partition coefficient (Wildman–Crippen LogP) is 1.39. The van der Waals surface area contributed by atoms with Crippen LogP contribution in [-0.4, -0.2) is 35.6 Å². The molecule has 0 aliphatic heterocycles. The van der Waals surface area contributed by atoms with Crippen molar-refractivity contribution >= 4 is 21.9 Å². The number of carboxylic acid groups (broad SMARTS) is 1. The van der Waals surface area contributed by atoms with Crippen LogP contribution >= 0.6 is 0 Å². The van der Waals surface area contributed by atoms with E-state index in [-0.39, 0.29) is 22.7 Å². The highest BCUT2D eigenvalue weighted by Crippen LogP contribution is 2.64. The van der Waals surface area contributed by atoms with Crippen molar-refractivity contribution in [3.63, 3.8) is 0 Å². The number of fused-ring (bicyclic) bond motifs is 2. The van der Waals surface area contributed by atoms with Crippen molar-refractivity contribution in [2.24, 2.45) is 16.7 Å². The molecular weight excluding hydrogens is 348 g/mol. The summed E-state index contributed by atoms with van der Waals surface area (Å²) >= 11 is 0. The van der Waals surface area contributed by atoms with Crippen LogP contribution in [0.3, 0.4) is 0 Å². The van der Waals surface area contributed by atoms with Crippen LogP contribution in [0.1, 0.15) is 43.5 Å². The predicted molar refractivity (Wildman–Crippen MR) is 86.0 cm³/mol. The lowest BCUT2D eigenvalue weighted by Gasteiger charge is -2.37. The fourth-order valence-electron chi connectivity index (χ4n) is 4.05. The summed E-state index contributed by atoms with van der Waals surface area (Å²) in [6.45, 7) is 3.83. The Morgan fingerprint density at radius 3 is 2.28 bits per heavy atom. The Labute approximate surface area is 146 Å². The van der Waals surface area contributed by atoms with Crippen molar-refractivity contribution in [2.75, 3.05) is 5.75 Å². The average Bonchev–Trinajstić information content (AvgIpc) is 2.80. The largest absolute Gasteiger partial charge is 0.872 e. The Morgan fingerprint density at radius 2 is 1.92 bits per heavy atom. The average molecular weight is 368 g/mol. The molecule has 0 saturated heterocycles. The van der Waals surface area contributed by atoms with Gasteiger partial charge < -0.3 is 14.8 Å². The number of hydrogen-bond acceptors (Lipinski definition) is 6. The number of rotatable bonds is 3. The second-order valence-electron chi connectivity index (χ2n) is 7.17. The summed E-state index contributed by atoms with van der Waals surface area (Å²) in [5.41, 5.74) is -1.40. The standard InChI is InChI=1S/C10H16O4S.C7H6O3/c1-9(2)7-3-4-10(9,8(11)5-7)6-15(12,13)14;8-6-4-2-1-3-5(6)7(9)10/h7H,3-6H2,1-2H3,(H,12,13,14);1-4,8H,(H,9,10)/p-2. The molecule has 8 heteroatoms. The molecule has 2 aliphatic rings. The van der Waals surface area contributed by atoms with Gasteiger partial charge in [0.2, 0.25) is 0 Å². The zero-order chi connectivity index (χ0) is 19.0. The molecule has 2 atom stereocenters. The lowest BCUT2D eigenvalue weighted by molar-refractivity contribution is -0.268. The first-order valence-corrected chi connectivity index (χ1v) is 9.45. The van der Waals surface area contributed by atoms with Crippen molar-refractivity contribution in [3.05, 3.63) is 29.8 Å². The van der Waals surface area contributed by atoms with Crippen LogP contribution in [0.4, 0.5) is 0 Å². The second-order valence-corrected chi connectivity index (χ2v) is 8.57. The van der Waals surface area contributed by atoms with Crippen molar-refractivity contribution < 1.29 is 32.8 Å². The molecule has 2 aliphatic carbocycles. The van der Waals surface area contributed by atoms with E-state index in [9.17, 15) is 27.7 Å². The molecule has 0 radical (unpaired) electrons. The fraction of sp³-hybridized carbons (Fsp3) is 0.529. The number of aromatic carboxylic acids is 1. The quantitative estimate of drug-likeness (QED) is 0.796. The van der Waals surface area contributed by atoms with Crippen LogP contribution in [0.25, 0.3) is 0 Å². The van der Waals surface area contributed by atoms with E-state index < -0.39 is 33.0 Å².